The van der Waals surface area contributed by atoms with Crippen molar-refractivity contribution in [3.05, 3.63) is 23.8 Å². The van der Waals surface area contributed by atoms with Crippen LogP contribution in [0.1, 0.15) is 38.3 Å². The Labute approximate surface area is 126 Å². The van der Waals surface area contributed by atoms with Crippen molar-refractivity contribution in [1.29, 1.82) is 0 Å². The molecule has 1 amide bonds. The van der Waals surface area contributed by atoms with E-state index in [2.05, 4.69) is 10.6 Å². The Bertz CT molecular complexity index is 500. The van der Waals surface area contributed by atoms with Crippen molar-refractivity contribution in [3.8, 4) is 11.5 Å². The molecule has 0 spiro atoms. The quantitative estimate of drug-likeness (QED) is 0.807. The van der Waals surface area contributed by atoms with E-state index in [1.165, 1.54) is 0 Å². The van der Waals surface area contributed by atoms with Crippen LogP contribution >= 0.6 is 0 Å². The average Bonchev–Trinajstić information content (AvgIpc) is 3.30. The molecule has 0 saturated heterocycles. The number of hydrogen-bond acceptors (Lipinski definition) is 4. The van der Waals surface area contributed by atoms with Crippen LogP contribution < -0.4 is 20.1 Å². The number of benzene rings is 1. The van der Waals surface area contributed by atoms with Crippen molar-refractivity contribution in [3.63, 3.8) is 0 Å². The van der Waals surface area contributed by atoms with Gasteiger partial charge in [0.1, 0.15) is 11.5 Å². The van der Waals surface area contributed by atoms with Crippen molar-refractivity contribution in [1.82, 2.24) is 10.6 Å². The number of ether oxygens (including phenoxy) is 2. The molecule has 21 heavy (non-hydrogen) atoms. The Kier molecular flexibility index (Phi) is 5.07. The van der Waals surface area contributed by atoms with E-state index >= 15 is 0 Å². The number of carbonyl (C=O) groups excluding carboxylic acids is 1. The van der Waals surface area contributed by atoms with Gasteiger partial charge in [-0.25, -0.2) is 0 Å². The predicted octanol–water partition coefficient (Wildman–Crippen LogP) is 2.02. The molecule has 0 bridgehead atoms. The molecule has 2 atom stereocenters. The second-order valence-corrected chi connectivity index (χ2v) is 5.50. The molecule has 1 aromatic rings. The minimum absolute atomic E-state index is 0.000673. The second kappa shape index (κ2) is 6.80. The van der Waals surface area contributed by atoms with E-state index in [9.17, 15) is 4.79 Å². The summed E-state index contributed by atoms with van der Waals surface area (Å²) in [6.07, 6.45) is 2.33. The molecule has 0 aromatic heterocycles. The van der Waals surface area contributed by atoms with Crippen LogP contribution in [0, 0.1) is 0 Å². The summed E-state index contributed by atoms with van der Waals surface area (Å²) in [5.41, 5.74) is 0.906. The van der Waals surface area contributed by atoms with Crippen molar-refractivity contribution < 1.29 is 14.3 Å². The third-order valence-corrected chi connectivity index (χ3v) is 3.72. The highest BCUT2D eigenvalue weighted by Crippen LogP contribution is 2.29. The molecule has 1 fully saturated rings. The van der Waals surface area contributed by atoms with E-state index < -0.39 is 0 Å². The third kappa shape index (κ3) is 4.11. The van der Waals surface area contributed by atoms with Gasteiger partial charge < -0.3 is 20.1 Å². The standard InChI is InChI=1S/C16H24N2O3/c1-10(18-16(19)11(2)17-12-5-6-12)14-9-13(20-3)7-8-15(14)21-4/h7-12,17H,5-6H2,1-4H3,(H,18,19). The lowest BCUT2D eigenvalue weighted by Gasteiger charge is -2.21. The maximum atomic E-state index is 12.2. The molecule has 1 aliphatic rings. The molecule has 5 nitrogen and oxygen atoms in total. The highest BCUT2D eigenvalue weighted by atomic mass is 16.5. The number of carbonyl (C=O) groups is 1. The lowest BCUT2D eigenvalue weighted by atomic mass is 10.1. The molecule has 0 aliphatic heterocycles. The van der Waals surface area contributed by atoms with Crippen LogP contribution in [-0.4, -0.2) is 32.2 Å². The van der Waals surface area contributed by atoms with Gasteiger partial charge in [0.25, 0.3) is 0 Å². The Morgan fingerprint density at radius 2 is 1.95 bits per heavy atom. The first-order chi connectivity index (χ1) is 10.0. The topological polar surface area (TPSA) is 59.6 Å². The monoisotopic (exact) mass is 292 g/mol. The van der Waals surface area contributed by atoms with Crippen molar-refractivity contribution in [2.45, 2.75) is 44.8 Å². The maximum absolute atomic E-state index is 12.2. The molecule has 116 valence electrons. The number of hydrogen-bond donors (Lipinski definition) is 2. The highest BCUT2D eigenvalue weighted by Gasteiger charge is 2.26. The van der Waals surface area contributed by atoms with Gasteiger partial charge in [0.15, 0.2) is 0 Å². The van der Waals surface area contributed by atoms with Gasteiger partial charge in [-0.05, 0) is 44.9 Å². The lowest BCUT2D eigenvalue weighted by molar-refractivity contribution is -0.123. The zero-order valence-corrected chi connectivity index (χ0v) is 13.1. The molecule has 0 radical (unpaired) electrons. The summed E-state index contributed by atoms with van der Waals surface area (Å²) >= 11 is 0. The number of amides is 1. The minimum atomic E-state index is -0.184. The normalized spacial score (nSPS) is 17.0. The van der Waals surface area contributed by atoms with Gasteiger partial charge in [0, 0.05) is 11.6 Å². The first-order valence-corrected chi connectivity index (χ1v) is 7.33. The summed E-state index contributed by atoms with van der Waals surface area (Å²) in [6.45, 7) is 3.84. The first kappa shape index (κ1) is 15.6. The minimum Gasteiger partial charge on any atom is -0.497 e. The SMILES string of the molecule is COc1ccc(OC)c(C(C)NC(=O)C(C)NC2CC2)c1. The van der Waals surface area contributed by atoms with Gasteiger partial charge in [-0.1, -0.05) is 0 Å². The summed E-state index contributed by atoms with van der Waals surface area (Å²) in [5.74, 6) is 1.49. The fraction of sp³-hybridized carbons (Fsp3) is 0.562. The average molecular weight is 292 g/mol. The van der Waals surface area contributed by atoms with E-state index in [0.29, 0.717) is 6.04 Å². The zero-order chi connectivity index (χ0) is 15.4. The maximum Gasteiger partial charge on any atom is 0.237 e. The van der Waals surface area contributed by atoms with E-state index in [4.69, 9.17) is 9.47 Å². The van der Waals surface area contributed by atoms with E-state index in [-0.39, 0.29) is 18.0 Å². The molecular formula is C16H24N2O3. The van der Waals surface area contributed by atoms with Gasteiger partial charge in [-0.2, -0.15) is 0 Å². The third-order valence-electron chi connectivity index (χ3n) is 3.72. The molecule has 0 heterocycles. The van der Waals surface area contributed by atoms with Gasteiger partial charge in [-0.15, -0.1) is 0 Å². The van der Waals surface area contributed by atoms with Crippen LogP contribution in [0.15, 0.2) is 18.2 Å². The van der Waals surface area contributed by atoms with Crippen LogP contribution in [0.3, 0.4) is 0 Å². The van der Waals surface area contributed by atoms with Crippen molar-refractivity contribution in [2.24, 2.45) is 0 Å². The summed E-state index contributed by atoms with van der Waals surface area (Å²) < 4.78 is 10.6. The zero-order valence-electron chi connectivity index (χ0n) is 13.1. The smallest absolute Gasteiger partial charge is 0.237 e. The molecular weight excluding hydrogens is 268 g/mol. The Hall–Kier alpha value is -1.75. The Morgan fingerprint density at radius 1 is 1.24 bits per heavy atom. The van der Waals surface area contributed by atoms with Crippen LogP contribution in [0.4, 0.5) is 0 Å². The van der Waals surface area contributed by atoms with E-state index in [1.807, 2.05) is 32.0 Å². The van der Waals surface area contributed by atoms with Gasteiger partial charge >= 0.3 is 0 Å². The predicted molar refractivity (Wildman–Crippen MR) is 81.7 cm³/mol. The summed E-state index contributed by atoms with van der Waals surface area (Å²) in [5, 5.41) is 6.31. The molecule has 2 rings (SSSR count). The fourth-order valence-electron chi connectivity index (χ4n) is 2.27. The Morgan fingerprint density at radius 3 is 2.52 bits per heavy atom. The van der Waals surface area contributed by atoms with Crippen LogP contribution in [-0.2, 0) is 4.79 Å². The molecule has 1 saturated carbocycles. The van der Waals surface area contributed by atoms with E-state index in [0.717, 1.165) is 29.9 Å². The van der Waals surface area contributed by atoms with Crippen molar-refractivity contribution in [2.75, 3.05) is 14.2 Å². The van der Waals surface area contributed by atoms with Gasteiger partial charge in [0.05, 0.1) is 26.3 Å². The van der Waals surface area contributed by atoms with Crippen molar-refractivity contribution >= 4 is 5.91 Å². The fourth-order valence-corrected chi connectivity index (χ4v) is 2.27. The van der Waals surface area contributed by atoms with Gasteiger partial charge in [-0.3, -0.25) is 4.79 Å². The largest absolute Gasteiger partial charge is 0.497 e. The molecule has 5 heteroatoms. The van der Waals surface area contributed by atoms with Crippen LogP contribution in [0.2, 0.25) is 0 Å². The highest BCUT2D eigenvalue weighted by molar-refractivity contribution is 5.81. The summed E-state index contributed by atoms with van der Waals surface area (Å²) in [6, 6.07) is 5.76. The van der Waals surface area contributed by atoms with Crippen LogP contribution in [0.5, 0.6) is 11.5 Å². The summed E-state index contributed by atoms with van der Waals surface area (Å²) in [7, 11) is 3.24. The summed E-state index contributed by atoms with van der Waals surface area (Å²) in [4.78, 5) is 12.2. The van der Waals surface area contributed by atoms with E-state index in [1.54, 1.807) is 14.2 Å². The Balaban J connectivity index is 2.04. The lowest BCUT2D eigenvalue weighted by Crippen LogP contribution is -2.43. The van der Waals surface area contributed by atoms with Crippen LogP contribution in [0.25, 0.3) is 0 Å². The molecule has 1 aliphatic carbocycles. The first-order valence-electron chi connectivity index (χ1n) is 7.33. The molecule has 2 N–H and O–H groups in total. The number of nitrogens with one attached hydrogen (secondary N) is 2. The second-order valence-electron chi connectivity index (χ2n) is 5.50. The molecule has 1 aromatic carbocycles. The number of rotatable bonds is 7. The molecule has 2 unspecified atom stereocenters. The number of methoxy groups -OCH3 is 2. The van der Waals surface area contributed by atoms with Gasteiger partial charge in [0.2, 0.25) is 5.91 Å².